The van der Waals surface area contributed by atoms with Crippen LogP contribution in [0.25, 0.3) is 0 Å². The number of nitrogens with one attached hydrogen (secondary N) is 1. The first kappa shape index (κ1) is 11.8. The summed E-state index contributed by atoms with van der Waals surface area (Å²) in [6, 6.07) is 2.53. The topological polar surface area (TPSA) is 52.9 Å². The van der Waals surface area contributed by atoms with E-state index in [1.807, 2.05) is 27.7 Å². The maximum absolute atomic E-state index is 11.5. The lowest BCUT2D eigenvalue weighted by molar-refractivity contribution is -0.117. The summed E-state index contributed by atoms with van der Waals surface area (Å²) < 4.78 is 0. The molecule has 0 spiro atoms. The van der Waals surface area contributed by atoms with Gasteiger partial charge in [0.05, 0.1) is 12.0 Å². The van der Waals surface area contributed by atoms with Gasteiger partial charge < -0.3 is 5.32 Å². The van der Waals surface area contributed by atoms with Gasteiger partial charge in [-0.25, -0.2) is 0 Å². The number of nitrogens with zero attached hydrogens (tertiary/aromatic N) is 1. The second-order valence-corrected chi connectivity index (χ2v) is 5.09. The predicted molar refractivity (Wildman–Crippen MR) is 58.9 cm³/mol. The molecule has 1 aliphatic carbocycles. The summed E-state index contributed by atoms with van der Waals surface area (Å²) in [5, 5.41) is 12.3. The molecule has 0 saturated heterocycles. The lowest BCUT2D eigenvalue weighted by Gasteiger charge is -2.35. The number of nitriles is 1. The summed E-state index contributed by atoms with van der Waals surface area (Å²) in [4.78, 5) is 11.5. The van der Waals surface area contributed by atoms with E-state index >= 15 is 0 Å². The summed E-state index contributed by atoms with van der Waals surface area (Å²) >= 11 is 0. The molecule has 82 valence electrons. The first-order valence-corrected chi connectivity index (χ1v) is 5.27. The van der Waals surface area contributed by atoms with Crippen molar-refractivity contribution in [3.8, 4) is 6.07 Å². The van der Waals surface area contributed by atoms with Crippen LogP contribution in [0.15, 0.2) is 11.8 Å². The molecule has 1 N–H and O–H groups in total. The normalized spacial score (nSPS) is 24.7. The van der Waals surface area contributed by atoms with Crippen molar-refractivity contribution >= 4 is 5.78 Å². The second kappa shape index (κ2) is 4.06. The molecule has 0 aromatic heterocycles. The molecule has 1 aliphatic rings. The Morgan fingerprint density at radius 3 is 2.67 bits per heavy atom. The lowest BCUT2D eigenvalue weighted by Crippen LogP contribution is -2.38. The molecule has 1 unspecified atom stereocenters. The Hall–Kier alpha value is -1.30. The van der Waals surface area contributed by atoms with Crippen molar-refractivity contribution in [3.63, 3.8) is 0 Å². The fourth-order valence-corrected chi connectivity index (χ4v) is 1.98. The molecular weight excluding hydrogens is 188 g/mol. The van der Waals surface area contributed by atoms with Gasteiger partial charge in [-0.2, -0.15) is 5.26 Å². The minimum absolute atomic E-state index is 0.106. The number of rotatable bonds is 2. The Morgan fingerprint density at radius 1 is 1.60 bits per heavy atom. The Balaban J connectivity index is 3.01. The quantitative estimate of drug-likeness (QED) is 0.752. The van der Waals surface area contributed by atoms with Crippen LogP contribution in [0.3, 0.4) is 0 Å². The Bertz CT molecular complexity index is 334. The average Bonchev–Trinajstić information content (AvgIpc) is 1.99. The lowest BCUT2D eigenvalue weighted by atomic mass is 9.70. The van der Waals surface area contributed by atoms with Crippen LogP contribution in [0.5, 0.6) is 0 Å². The SMILES string of the molecule is CC(C)NC1=CC(=O)CC(C)(C)C1C#N. The standard InChI is InChI=1S/C12H18N2O/c1-8(2)14-11-5-9(15)6-12(3,4)10(11)7-13/h5,8,10,14H,6H2,1-4H3. The van der Waals surface area contributed by atoms with Crippen LogP contribution in [-0.4, -0.2) is 11.8 Å². The number of hydrogen-bond acceptors (Lipinski definition) is 3. The highest BCUT2D eigenvalue weighted by Gasteiger charge is 2.38. The number of allylic oxidation sites excluding steroid dienone is 2. The van der Waals surface area contributed by atoms with Crippen molar-refractivity contribution in [2.75, 3.05) is 0 Å². The number of hydrogen-bond donors (Lipinski definition) is 1. The van der Waals surface area contributed by atoms with Crippen molar-refractivity contribution < 1.29 is 4.79 Å². The molecule has 3 nitrogen and oxygen atoms in total. The molecule has 0 heterocycles. The van der Waals surface area contributed by atoms with E-state index in [-0.39, 0.29) is 23.2 Å². The van der Waals surface area contributed by atoms with Crippen LogP contribution in [0.2, 0.25) is 0 Å². The molecule has 0 radical (unpaired) electrons. The number of ketones is 1. The fourth-order valence-electron chi connectivity index (χ4n) is 1.98. The highest BCUT2D eigenvalue weighted by molar-refractivity contribution is 5.92. The number of carbonyl (C=O) groups excluding carboxylic acids is 1. The Labute approximate surface area is 91.2 Å². The minimum atomic E-state index is -0.266. The summed E-state index contributed by atoms with van der Waals surface area (Å²) in [5.74, 6) is -0.104. The van der Waals surface area contributed by atoms with Crippen LogP contribution < -0.4 is 5.32 Å². The largest absolute Gasteiger partial charge is 0.385 e. The highest BCUT2D eigenvalue weighted by Crippen LogP contribution is 2.38. The summed E-state index contributed by atoms with van der Waals surface area (Å²) in [5.41, 5.74) is 0.506. The molecule has 0 bridgehead atoms. The molecule has 15 heavy (non-hydrogen) atoms. The number of carbonyl (C=O) groups is 1. The smallest absolute Gasteiger partial charge is 0.158 e. The van der Waals surface area contributed by atoms with Gasteiger partial charge in [-0.1, -0.05) is 13.8 Å². The third-order valence-corrected chi connectivity index (χ3v) is 2.62. The molecule has 0 fully saturated rings. The Kier molecular flexibility index (Phi) is 3.18. The van der Waals surface area contributed by atoms with E-state index in [9.17, 15) is 4.79 Å². The van der Waals surface area contributed by atoms with Gasteiger partial charge >= 0.3 is 0 Å². The molecule has 0 saturated carbocycles. The van der Waals surface area contributed by atoms with Gasteiger partial charge in [0.25, 0.3) is 0 Å². The van der Waals surface area contributed by atoms with Crippen LogP contribution in [0, 0.1) is 22.7 Å². The van der Waals surface area contributed by atoms with Crippen LogP contribution in [0.4, 0.5) is 0 Å². The van der Waals surface area contributed by atoms with Crippen molar-refractivity contribution in [1.82, 2.24) is 5.32 Å². The second-order valence-electron chi connectivity index (χ2n) is 5.09. The van der Waals surface area contributed by atoms with Crippen LogP contribution in [0.1, 0.15) is 34.1 Å². The van der Waals surface area contributed by atoms with E-state index in [0.29, 0.717) is 6.42 Å². The van der Waals surface area contributed by atoms with Crippen molar-refractivity contribution in [2.45, 2.75) is 40.2 Å². The maximum Gasteiger partial charge on any atom is 0.158 e. The van der Waals surface area contributed by atoms with Crippen molar-refractivity contribution in [2.24, 2.45) is 11.3 Å². The third-order valence-electron chi connectivity index (χ3n) is 2.62. The summed E-state index contributed by atoms with van der Waals surface area (Å²) in [6.45, 7) is 7.93. The average molecular weight is 206 g/mol. The molecule has 0 aliphatic heterocycles. The molecule has 1 atom stereocenters. The summed E-state index contributed by atoms with van der Waals surface area (Å²) in [6.07, 6.45) is 2.04. The van der Waals surface area contributed by atoms with E-state index in [1.54, 1.807) is 6.08 Å². The fraction of sp³-hybridized carbons (Fsp3) is 0.667. The first-order chi connectivity index (χ1) is 6.86. The van der Waals surface area contributed by atoms with Crippen molar-refractivity contribution in [1.29, 1.82) is 5.26 Å². The zero-order chi connectivity index (χ0) is 11.6. The van der Waals surface area contributed by atoms with E-state index in [0.717, 1.165) is 5.70 Å². The third kappa shape index (κ3) is 2.59. The highest BCUT2D eigenvalue weighted by atomic mass is 16.1. The molecule has 0 aromatic rings. The van der Waals surface area contributed by atoms with E-state index in [4.69, 9.17) is 5.26 Å². The van der Waals surface area contributed by atoms with Gasteiger partial charge in [0.1, 0.15) is 0 Å². The summed E-state index contributed by atoms with van der Waals surface area (Å²) in [7, 11) is 0. The van der Waals surface area contributed by atoms with Gasteiger partial charge in [-0.15, -0.1) is 0 Å². The molecule has 0 aromatic carbocycles. The zero-order valence-corrected chi connectivity index (χ0v) is 9.79. The molecule has 0 amide bonds. The van der Waals surface area contributed by atoms with E-state index in [1.165, 1.54) is 0 Å². The van der Waals surface area contributed by atoms with Crippen molar-refractivity contribution in [3.05, 3.63) is 11.8 Å². The maximum atomic E-state index is 11.5. The van der Waals surface area contributed by atoms with Gasteiger partial charge in [0, 0.05) is 24.2 Å². The molecule has 1 rings (SSSR count). The van der Waals surface area contributed by atoms with E-state index < -0.39 is 0 Å². The first-order valence-electron chi connectivity index (χ1n) is 5.27. The van der Waals surface area contributed by atoms with Gasteiger partial charge in [-0.3, -0.25) is 4.79 Å². The zero-order valence-electron chi connectivity index (χ0n) is 9.79. The predicted octanol–water partition coefficient (Wildman–Crippen LogP) is 2.01. The van der Waals surface area contributed by atoms with Gasteiger partial charge in [0.15, 0.2) is 5.78 Å². The van der Waals surface area contributed by atoms with Crippen LogP contribution in [-0.2, 0) is 4.79 Å². The Morgan fingerprint density at radius 2 is 2.20 bits per heavy atom. The molecular formula is C12H18N2O. The van der Waals surface area contributed by atoms with Gasteiger partial charge in [-0.05, 0) is 19.3 Å². The molecule has 3 heteroatoms. The monoisotopic (exact) mass is 206 g/mol. The van der Waals surface area contributed by atoms with Crippen LogP contribution >= 0.6 is 0 Å². The van der Waals surface area contributed by atoms with E-state index in [2.05, 4.69) is 11.4 Å². The van der Waals surface area contributed by atoms with Gasteiger partial charge in [0.2, 0.25) is 0 Å². The minimum Gasteiger partial charge on any atom is -0.385 e.